The van der Waals surface area contributed by atoms with Crippen LogP contribution in [-0.4, -0.2) is 25.8 Å². The zero-order valence-electron chi connectivity index (χ0n) is 10.6. The summed E-state index contributed by atoms with van der Waals surface area (Å²) in [4.78, 5) is 0.274. The van der Waals surface area contributed by atoms with Crippen molar-refractivity contribution in [1.29, 1.82) is 0 Å². The van der Waals surface area contributed by atoms with Crippen LogP contribution < -0.4 is 0 Å². The van der Waals surface area contributed by atoms with E-state index in [1.165, 1.54) is 4.31 Å². The molecule has 1 aliphatic heterocycles. The third kappa shape index (κ3) is 2.31. The predicted molar refractivity (Wildman–Crippen MR) is 82.0 cm³/mol. The fraction of sp³-hybridized carbons (Fsp3) is 0.286. The molecule has 0 radical (unpaired) electrons. The van der Waals surface area contributed by atoms with Crippen LogP contribution in [0.15, 0.2) is 35.2 Å². The van der Waals surface area contributed by atoms with Crippen LogP contribution >= 0.6 is 23.2 Å². The molecule has 0 unspecified atom stereocenters. The molecule has 0 aromatic heterocycles. The van der Waals surface area contributed by atoms with E-state index in [-0.39, 0.29) is 4.90 Å². The molecule has 6 heteroatoms. The number of rotatable bonds is 2. The van der Waals surface area contributed by atoms with Crippen LogP contribution in [0, 0.1) is 0 Å². The smallest absolute Gasteiger partial charge is 0.207 e. The lowest BCUT2D eigenvalue weighted by atomic mass is 10.1. The summed E-state index contributed by atoms with van der Waals surface area (Å²) in [5, 5.41) is 2.50. The number of benzene rings is 2. The standard InChI is InChI=1S/C14H13Cl2NO2S/c15-13-5-6-14(16)12-9-10(3-4-11(12)13)20(18,19)17-7-1-2-8-17/h3-6,9H,1-2,7-8H2. The molecule has 3 nitrogen and oxygen atoms in total. The number of hydrogen-bond donors (Lipinski definition) is 0. The van der Waals surface area contributed by atoms with Gasteiger partial charge in [0.25, 0.3) is 0 Å². The van der Waals surface area contributed by atoms with Gasteiger partial charge >= 0.3 is 0 Å². The topological polar surface area (TPSA) is 37.4 Å². The number of halogens is 2. The first-order valence-corrected chi connectivity index (χ1v) is 8.58. The van der Waals surface area contributed by atoms with Gasteiger partial charge in [0.05, 0.1) is 4.90 Å². The van der Waals surface area contributed by atoms with Crippen LogP contribution in [0.25, 0.3) is 10.8 Å². The van der Waals surface area contributed by atoms with Crippen LogP contribution in [0.2, 0.25) is 10.0 Å². The summed E-state index contributed by atoms with van der Waals surface area (Å²) in [7, 11) is -3.43. The molecule has 0 aliphatic carbocycles. The van der Waals surface area contributed by atoms with Crippen molar-refractivity contribution in [3.8, 4) is 0 Å². The van der Waals surface area contributed by atoms with Crippen molar-refractivity contribution in [2.45, 2.75) is 17.7 Å². The van der Waals surface area contributed by atoms with Gasteiger partial charge in [0, 0.05) is 33.9 Å². The molecular weight excluding hydrogens is 317 g/mol. The van der Waals surface area contributed by atoms with E-state index >= 15 is 0 Å². The Balaban J connectivity index is 2.16. The number of sulfonamides is 1. The van der Waals surface area contributed by atoms with E-state index in [2.05, 4.69) is 0 Å². The highest BCUT2D eigenvalue weighted by Gasteiger charge is 2.27. The molecule has 0 atom stereocenters. The van der Waals surface area contributed by atoms with E-state index in [1.54, 1.807) is 30.3 Å². The minimum absolute atomic E-state index is 0.274. The summed E-state index contributed by atoms with van der Waals surface area (Å²) in [6.07, 6.45) is 1.83. The Bertz CT molecular complexity index is 768. The zero-order valence-corrected chi connectivity index (χ0v) is 13.0. The molecule has 2 aromatic rings. The van der Waals surface area contributed by atoms with Crippen molar-refractivity contribution < 1.29 is 8.42 Å². The molecule has 3 rings (SSSR count). The Morgan fingerprint density at radius 1 is 0.900 bits per heavy atom. The van der Waals surface area contributed by atoms with Gasteiger partial charge in [0.15, 0.2) is 0 Å². The molecule has 0 saturated carbocycles. The van der Waals surface area contributed by atoms with Crippen molar-refractivity contribution in [3.63, 3.8) is 0 Å². The first-order chi connectivity index (χ1) is 9.50. The van der Waals surface area contributed by atoms with Gasteiger partial charge in [-0.15, -0.1) is 0 Å². The first-order valence-electron chi connectivity index (χ1n) is 6.38. The molecule has 106 valence electrons. The second kappa shape index (κ2) is 5.19. The fourth-order valence-electron chi connectivity index (χ4n) is 2.49. The van der Waals surface area contributed by atoms with E-state index in [9.17, 15) is 8.42 Å². The van der Waals surface area contributed by atoms with E-state index in [4.69, 9.17) is 23.2 Å². The molecule has 0 amide bonds. The third-order valence-electron chi connectivity index (χ3n) is 3.58. The average Bonchev–Trinajstić information content (AvgIpc) is 2.97. The van der Waals surface area contributed by atoms with Gasteiger partial charge in [-0.25, -0.2) is 8.42 Å². The monoisotopic (exact) mass is 329 g/mol. The molecule has 20 heavy (non-hydrogen) atoms. The Hall–Kier alpha value is -0.810. The third-order valence-corrected chi connectivity index (χ3v) is 6.14. The number of nitrogens with zero attached hydrogens (tertiary/aromatic N) is 1. The summed E-state index contributed by atoms with van der Waals surface area (Å²) in [5.41, 5.74) is 0. The van der Waals surface area contributed by atoms with Crippen molar-refractivity contribution in [2.75, 3.05) is 13.1 Å². The highest BCUT2D eigenvalue weighted by Crippen LogP contribution is 2.32. The second-order valence-electron chi connectivity index (χ2n) is 4.85. The summed E-state index contributed by atoms with van der Waals surface area (Å²) in [6, 6.07) is 8.31. The van der Waals surface area contributed by atoms with Gasteiger partial charge in [-0.05, 0) is 37.1 Å². The molecule has 1 heterocycles. The molecule has 0 N–H and O–H groups in total. The summed E-state index contributed by atoms with van der Waals surface area (Å²) in [6.45, 7) is 1.17. The van der Waals surface area contributed by atoms with Crippen molar-refractivity contribution in [1.82, 2.24) is 4.31 Å². The maximum absolute atomic E-state index is 12.5. The summed E-state index contributed by atoms with van der Waals surface area (Å²) in [5.74, 6) is 0. The Labute approximate surface area is 128 Å². The molecule has 1 fully saturated rings. The van der Waals surface area contributed by atoms with Crippen LogP contribution in [-0.2, 0) is 10.0 Å². The lowest BCUT2D eigenvalue weighted by molar-refractivity contribution is 0.477. The van der Waals surface area contributed by atoms with Gasteiger partial charge in [0.1, 0.15) is 0 Å². The normalized spacial score (nSPS) is 16.9. The Morgan fingerprint density at radius 3 is 2.15 bits per heavy atom. The lowest BCUT2D eigenvalue weighted by Crippen LogP contribution is -2.27. The summed E-state index contributed by atoms with van der Waals surface area (Å²) < 4.78 is 26.6. The molecule has 1 aliphatic rings. The first kappa shape index (κ1) is 14.1. The largest absolute Gasteiger partial charge is 0.243 e. The average molecular weight is 330 g/mol. The summed E-state index contributed by atoms with van der Waals surface area (Å²) >= 11 is 12.2. The Kier molecular flexibility index (Phi) is 3.67. The van der Waals surface area contributed by atoms with E-state index < -0.39 is 10.0 Å². The molecule has 2 aromatic carbocycles. The van der Waals surface area contributed by atoms with E-state index in [1.807, 2.05) is 0 Å². The maximum Gasteiger partial charge on any atom is 0.243 e. The van der Waals surface area contributed by atoms with Crippen LogP contribution in [0.3, 0.4) is 0 Å². The van der Waals surface area contributed by atoms with Crippen molar-refractivity contribution in [3.05, 3.63) is 40.4 Å². The van der Waals surface area contributed by atoms with Gasteiger partial charge in [0.2, 0.25) is 10.0 Å². The zero-order chi connectivity index (χ0) is 14.3. The lowest BCUT2D eigenvalue weighted by Gasteiger charge is -2.16. The maximum atomic E-state index is 12.5. The molecule has 0 bridgehead atoms. The van der Waals surface area contributed by atoms with E-state index in [0.29, 0.717) is 28.5 Å². The molecular formula is C14H13Cl2NO2S. The van der Waals surface area contributed by atoms with E-state index in [0.717, 1.165) is 18.2 Å². The van der Waals surface area contributed by atoms with Crippen LogP contribution in [0.5, 0.6) is 0 Å². The minimum atomic E-state index is -3.43. The van der Waals surface area contributed by atoms with Gasteiger partial charge in [-0.2, -0.15) is 4.31 Å². The Morgan fingerprint density at radius 2 is 1.50 bits per heavy atom. The second-order valence-corrected chi connectivity index (χ2v) is 7.60. The van der Waals surface area contributed by atoms with Gasteiger partial charge in [-0.1, -0.05) is 29.3 Å². The quantitative estimate of drug-likeness (QED) is 0.837. The fourth-order valence-corrected chi connectivity index (χ4v) is 4.48. The highest BCUT2D eigenvalue weighted by atomic mass is 35.5. The number of hydrogen-bond acceptors (Lipinski definition) is 2. The van der Waals surface area contributed by atoms with Crippen LogP contribution in [0.4, 0.5) is 0 Å². The van der Waals surface area contributed by atoms with Crippen molar-refractivity contribution in [2.24, 2.45) is 0 Å². The van der Waals surface area contributed by atoms with Crippen LogP contribution in [0.1, 0.15) is 12.8 Å². The number of fused-ring (bicyclic) bond motifs is 1. The van der Waals surface area contributed by atoms with Gasteiger partial charge < -0.3 is 0 Å². The minimum Gasteiger partial charge on any atom is -0.207 e. The SMILES string of the molecule is O=S(=O)(c1ccc2c(Cl)ccc(Cl)c2c1)N1CCCC1. The molecule has 0 spiro atoms. The predicted octanol–water partition coefficient (Wildman–Crippen LogP) is 3.93. The molecule has 1 saturated heterocycles. The van der Waals surface area contributed by atoms with Gasteiger partial charge in [-0.3, -0.25) is 0 Å². The van der Waals surface area contributed by atoms with Crippen molar-refractivity contribution >= 4 is 44.0 Å². The highest BCUT2D eigenvalue weighted by molar-refractivity contribution is 7.89.